The smallest absolute Gasteiger partial charge is 0.0702 e. The molecule has 0 atom stereocenters. The molecule has 2 aromatic heterocycles. The van der Waals surface area contributed by atoms with Crippen LogP contribution in [0.1, 0.15) is 81.9 Å². The molecule has 192 valence electrons. The second-order valence-corrected chi connectivity index (χ2v) is 10.3. The molecule has 0 spiro atoms. The van der Waals surface area contributed by atoms with Gasteiger partial charge in [0, 0.05) is 29.1 Å². The maximum absolute atomic E-state index is 4.90. The van der Waals surface area contributed by atoms with Crippen LogP contribution in [-0.2, 0) is 12.8 Å². The molecule has 0 saturated heterocycles. The minimum Gasteiger partial charge on any atom is -0.256 e. The second kappa shape index (κ2) is 13.9. The highest BCUT2D eigenvalue weighted by Crippen LogP contribution is 2.31. The number of benzene rings is 2. The van der Waals surface area contributed by atoms with Crippen molar-refractivity contribution < 1.29 is 0 Å². The van der Waals surface area contributed by atoms with Crippen LogP contribution in [0.15, 0.2) is 79.1 Å². The molecular weight excluding hydrogens is 448 g/mol. The molecule has 0 aliphatic heterocycles. The molecule has 4 aromatic rings. The predicted molar refractivity (Wildman–Crippen MR) is 159 cm³/mol. The van der Waals surface area contributed by atoms with Crippen molar-refractivity contribution in [2.45, 2.75) is 85.0 Å². The Morgan fingerprint density at radius 1 is 0.568 bits per heavy atom. The highest BCUT2D eigenvalue weighted by Gasteiger charge is 2.10. The summed E-state index contributed by atoms with van der Waals surface area (Å²) in [7, 11) is 0. The molecule has 0 N–H and O–H groups in total. The van der Waals surface area contributed by atoms with Crippen LogP contribution in [0.25, 0.3) is 33.6 Å². The monoisotopic (exact) mass is 490 g/mol. The Labute approximate surface area is 224 Å². The quantitative estimate of drug-likeness (QED) is 0.174. The fraction of sp³-hybridized carbons (Fsp3) is 0.371. The van der Waals surface area contributed by atoms with E-state index >= 15 is 0 Å². The Kier molecular flexibility index (Phi) is 10.1. The summed E-state index contributed by atoms with van der Waals surface area (Å²) in [6, 6.07) is 24.4. The molecule has 37 heavy (non-hydrogen) atoms. The van der Waals surface area contributed by atoms with Crippen molar-refractivity contribution in [3.05, 3.63) is 95.8 Å². The van der Waals surface area contributed by atoms with E-state index in [-0.39, 0.29) is 0 Å². The summed E-state index contributed by atoms with van der Waals surface area (Å²) in [4.78, 5) is 9.57. The van der Waals surface area contributed by atoms with Crippen LogP contribution in [0.2, 0.25) is 0 Å². The van der Waals surface area contributed by atoms with Crippen LogP contribution in [0, 0.1) is 6.92 Å². The van der Waals surface area contributed by atoms with Gasteiger partial charge in [-0.1, -0.05) is 94.8 Å². The van der Waals surface area contributed by atoms with Gasteiger partial charge in [-0.05, 0) is 79.1 Å². The molecule has 0 fully saturated rings. The molecule has 0 radical (unpaired) electrons. The summed E-state index contributed by atoms with van der Waals surface area (Å²) in [5.41, 5.74) is 10.9. The maximum Gasteiger partial charge on any atom is 0.0702 e. The fourth-order valence-electron chi connectivity index (χ4n) is 4.99. The molecule has 0 aliphatic carbocycles. The number of aromatic nitrogens is 2. The van der Waals surface area contributed by atoms with E-state index in [1.807, 2.05) is 6.20 Å². The van der Waals surface area contributed by atoms with E-state index in [2.05, 4.69) is 98.7 Å². The Hall–Kier alpha value is -3.26. The van der Waals surface area contributed by atoms with E-state index in [0.29, 0.717) is 0 Å². The number of rotatable bonds is 13. The molecule has 0 bridgehead atoms. The number of aryl methyl sites for hydroxylation is 3. The molecular formula is C35H42N2. The van der Waals surface area contributed by atoms with Gasteiger partial charge < -0.3 is 0 Å². The molecule has 0 amide bonds. The van der Waals surface area contributed by atoms with Gasteiger partial charge in [0.1, 0.15) is 0 Å². The number of hydrogen-bond donors (Lipinski definition) is 0. The van der Waals surface area contributed by atoms with Crippen LogP contribution in [0.3, 0.4) is 0 Å². The molecule has 0 unspecified atom stereocenters. The average molecular weight is 491 g/mol. The summed E-state index contributed by atoms with van der Waals surface area (Å²) in [6.07, 6.45) is 16.4. The zero-order chi connectivity index (χ0) is 25.9. The third kappa shape index (κ3) is 7.61. The fourth-order valence-corrected chi connectivity index (χ4v) is 4.99. The first-order valence-corrected chi connectivity index (χ1v) is 14.3. The number of nitrogens with zero attached hydrogens (tertiary/aromatic N) is 2. The highest BCUT2D eigenvalue weighted by atomic mass is 14.7. The Morgan fingerprint density at radius 2 is 1.24 bits per heavy atom. The van der Waals surface area contributed by atoms with Gasteiger partial charge in [-0.2, -0.15) is 0 Å². The van der Waals surface area contributed by atoms with Gasteiger partial charge in [-0.15, -0.1) is 0 Å². The van der Waals surface area contributed by atoms with Crippen molar-refractivity contribution in [2.24, 2.45) is 0 Å². The predicted octanol–water partition coefficient (Wildman–Crippen LogP) is 10.0. The topological polar surface area (TPSA) is 25.8 Å². The normalized spacial score (nSPS) is 11.1. The zero-order valence-corrected chi connectivity index (χ0v) is 23.0. The van der Waals surface area contributed by atoms with E-state index in [4.69, 9.17) is 4.98 Å². The van der Waals surface area contributed by atoms with Crippen LogP contribution < -0.4 is 0 Å². The van der Waals surface area contributed by atoms with Gasteiger partial charge in [0.2, 0.25) is 0 Å². The second-order valence-electron chi connectivity index (χ2n) is 10.3. The van der Waals surface area contributed by atoms with E-state index < -0.39 is 0 Å². The van der Waals surface area contributed by atoms with Gasteiger partial charge in [0.05, 0.1) is 11.4 Å². The summed E-state index contributed by atoms with van der Waals surface area (Å²) in [5.74, 6) is 0. The minimum absolute atomic E-state index is 1.04. The summed E-state index contributed by atoms with van der Waals surface area (Å²) >= 11 is 0. The molecule has 0 saturated carbocycles. The SMILES string of the molecule is CCCCCCc1cccc(-c2ccc(-c3ccc(-c4ccc(C)cn4)cc3CCCCCC)cn2)c1. The number of unbranched alkanes of at least 4 members (excludes halogenated alkanes) is 6. The summed E-state index contributed by atoms with van der Waals surface area (Å²) in [6.45, 7) is 6.62. The summed E-state index contributed by atoms with van der Waals surface area (Å²) < 4.78 is 0. The van der Waals surface area contributed by atoms with Crippen molar-refractivity contribution >= 4 is 0 Å². The van der Waals surface area contributed by atoms with Crippen molar-refractivity contribution in [1.29, 1.82) is 0 Å². The number of pyridine rings is 2. The Balaban J connectivity index is 1.56. The van der Waals surface area contributed by atoms with Gasteiger partial charge >= 0.3 is 0 Å². The van der Waals surface area contributed by atoms with E-state index in [9.17, 15) is 0 Å². The van der Waals surface area contributed by atoms with Crippen molar-refractivity contribution in [1.82, 2.24) is 9.97 Å². The van der Waals surface area contributed by atoms with Crippen LogP contribution in [-0.4, -0.2) is 9.97 Å². The molecule has 2 aromatic carbocycles. The Morgan fingerprint density at radius 3 is 1.92 bits per heavy atom. The van der Waals surface area contributed by atoms with Gasteiger partial charge in [0.15, 0.2) is 0 Å². The van der Waals surface area contributed by atoms with E-state index in [1.165, 1.54) is 90.3 Å². The first-order valence-electron chi connectivity index (χ1n) is 14.3. The first-order chi connectivity index (χ1) is 18.2. The van der Waals surface area contributed by atoms with Crippen LogP contribution in [0.4, 0.5) is 0 Å². The van der Waals surface area contributed by atoms with Crippen LogP contribution in [0.5, 0.6) is 0 Å². The average Bonchev–Trinajstić information content (AvgIpc) is 2.94. The lowest BCUT2D eigenvalue weighted by Gasteiger charge is -2.13. The van der Waals surface area contributed by atoms with Gasteiger partial charge in [-0.25, -0.2) is 0 Å². The molecule has 0 aliphatic rings. The number of hydrogen-bond acceptors (Lipinski definition) is 2. The lowest BCUT2D eigenvalue weighted by Crippen LogP contribution is -1.95. The molecule has 2 heterocycles. The molecule has 2 nitrogen and oxygen atoms in total. The standard InChI is InChI=1S/C35H42N2/c1-4-6-8-10-13-28-14-12-16-30(23-28)35-22-19-32(26-37-35)33-20-18-31(34-21-17-27(3)25-36-34)24-29(33)15-11-9-7-5-2/h12,14,16-26H,4-11,13,15H2,1-3H3. The zero-order valence-electron chi connectivity index (χ0n) is 23.0. The van der Waals surface area contributed by atoms with E-state index in [1.54, 1.807) is 0 Å². The Bertz CT molecular complexity index is 1240. The van der Waals surface area contributed by atoms with E-state index in [0.717, 1.165) is 24.2 Å². The lowest BCUT2D eigenvalue weighted by atomic mass is 9.93. The molecule has 2 heteroatoms. The van der Waals surface area contributed by atoms with Gasteiger partial charge in [-0.3, -0.25) is 9.97 Å². The largest absolute Gasteiger partial charge is 0.256 e. The van der Waals surface area contributed by atoms with Gasteiger partial charge in [0.25, 0.3) is 0 Å². The van der Waals surface area contributed by atoms with Crippen molar-refractivity contribution in [2.75, 3.05) is 0 Å². The minimum atomic E-state index is 1.04. The maximum atomic E-state index is 4.90. The van der Waals surface area contributed by atoms with Crippen LogP contribution >= 0.6 is 0 Å². The van der Waals surface area contributed by atoms with Crippen molar-refractivity contribution in [3.63, 3.8) is 0 Å². The highest BCUT2D eigenvalue weighted by molar-refractivity contribution is 5.73. The lowest BCUT2D eigenvalue weighted by molar-refractivity contribution is 0.667. The third-order valence-corrected chi connectivity index (χ3v) is 7.23. The summed E-state index contributed by atoms with van der Waals surface area (Å²) in [5, 5.41) is 0. The molecule has 4 rings (SSSR count). The van der Waals surface area contributed by atoms with Crippen molar-refractivity contribution in [3.8, 4) is 33.6 Å². The first kappa shape index (κ1) is 26.8. The third-order valence-electron chi connectivity index (χ3n) is 7.23.